The summed E-state index contributed by atoms with van der Waals surface area (Å²) in [5, 5.41) is 12.3. The first-order valence-electron chi connectivity index (χ1n) is 8.75. The lowest BCUT2D eigenvalue weighted by atomic mass is 9.87. The van der Waals surface area contributed by atoms with Crippen LogP contribution in [0.4, 0.5) is 5.69 Å². The van der Waals surface area contributed by atoms with E-state index in [-0.39, 0.29) is 17.1 Å². The normalized spacial score (nSPS) is 11.3. The maximum atomic E-state index is 12.5. The number of amides is 1. The predicted octanol–water partition coefficient (Wildman–Crippen LogP) is 6.37. The van der Waals surface area contributed by atoms with Crippen LogP contribution in [0.25, 0.3) is 11.1 Å². The zero-order valence-electron chi connectivity index (χ0n) is 15.6. The summed E-state index contributed by atoms with van der Waals surface area (Å²) in [4.78, 5) is 12.5. The number of carbonyl (C=O) groups is 1. The van der Waals surface area contributed by atoms with E-state index in [1.165, 1.54) is 5.56 Å². The second kappa shape index (κ2) is 7.57. The summed E-state index contributed by atoms with van der Waals surface area (Å²) in [5.74, 6) is 0.0843. The molecule has 1 amide bonds. The number of benzene rings is 3. The number of hydrogen-bond donors (Lipinski definition) is 2. The molecule has 3 nitrogen and oxygen atoms in total. The van der Waals surface area contributed by atoms with Gasteiger partial charge in [-0.3, -0.25) is 4.79 Å². The SMILES string of the molecule is CC(C)(C)c1ccc(NC(=O)c2ccc(-c3ccc(O)cc3)cc2)cc1Br. The first-order valence-corrected chi connectivity index (χ1v) is 9.54. The molecule has 4 heteroatoms. The number of nitrogens with one attached hydrogen (secondary N) is 1. The number of halogens is 1. The Bertz CT molecular complexity index is 955. The third-order valence-electron chi connectivity index (χ3n) is 4.38. The van der Waals surface area contributed by atoms with Gasteiger partial charge in [0.25, 0.3) is 5.91 Å². The Hall–Kier alpha value is -2.59. The van der Waals surface area contributed by atoms with E-state index in [4.69, 9.17) is 0 Å². The summed E-state index contributed by atoms with van der Waals surface area (Å²) >= 11 is 3.60. The molecule has 0 unspecified atom stereocenters. The van der Waals surface area contributed by atoms with Gasteiger partial charge in [0.2, 0.25) is 0 Å². The van der Waals surface area contributed by atoms with Crippen LogP contribution < -0.4 is 5.32 Å². The van der Waals surface area contributed by atoms with Crippen LogP contribution in [0.15, 0.2) is 71.2 Å². The van der Waals surface area contributed by atoms with E-state index in [2.05, 4.69) is 42.0 Å². The highest BCUT2D eigenvalue weighted by molar-refractivity contribution is 9.10. The maximum Gasteiger partial charge on any atom is 0.255 e. The van der Waals surface area contributed by atoms with Gasteiger partial charge in [-0.05, 0) is 58.5 Å². The lowest BCUT2D eigenvalue weighted by Crippen LogP contribution is -2.14. The monoisotopic (exact) mass is 423 g/mol. The van der Waals surface area contributed by atoms with Gasteiger partial charge in [0.1, 0.15) is 5.75 Å². The molecule has 3 rings (SSSR count). The van der Waals surface area contributed by atoms with Crippen LogP contribution in [-0.4, -0.2) is 11.0 Å². The summed E-state index contributed by atoms with van der Waals surface area (Å²) in [5.41, 5.74) is 4.55. The average molecular weight is 424 g/mol. The second-order valence-electron chi connectivity index (χ2n) is 7.52. The molecule has 27 heavy (non-hydrogen) atoms. The van der Waals surface area contributed by atoms with Crippen molar-refractivity contribution >= 4 is 27.5 Å². The zero-order chi connectivity index (χ0) is 19.6. The van der Waals surface area contributed by atoms with Gasteiger partial charge in [0, 0.05) is 15.7 Å². The Morgan fingerprint density at radius 1 is 0.889 bits per heavy atom. The minimum absolute atomic E-state index is 0.0332. The summed E-state index contributed by atoms with van der Waals surface area (Å²) in [6.07, 6.45) is 0. The van der Waals surface area contributed by atoms with Crippen LogP contribution in [0.1, 0.15) is 36.7 Å². The first-order chi connectivity index (χ1) is 12.7. The molecule has 0 spiro atoms. The fourth-order valence-corrected chi connectivity index (χ4v) is 3.85. The molecule has 0 aliphatic rings. The predicted molar refractivity (Wildman–Crippen MR) is 114 cm³/mol. The molecule has 2 N–H and O–H groups in total. The standard InChI is InChI=1S/C23H22BrNO2/c1-23(2,3)20-13-10-18(14-21(20)24)25-22(27)17-6-4-15(5-7-17)16-8-11-19(26)12-9-16/h4-14,26H,1-3H3,(H,25,27). The van der Waals surface area contributed by atoms with Gasteiger partial charge >= 0.3 is 0 Å². The van der Waals surface area contributed by atoms with Crippen LogP contribution in [0.2, 0.25) is 0 Å². The van der Waals surface area contributed by atoms with E-state index in [1.807, 2.05) is 42.5 Å². The van der Waals surface area contributed by atoms with Crippen LogP contribution in [-0.2, 0) is 5.41 Å². The van der Waals surface area contributed by atoms with Gasteiger partial charge in [-0.25, -0.2) is 0 Å². The third kappa shape index (κ3) is 4.58. The van der Waals surface area contributed by atoms with Crippen LogP contribution in [0.5, 0.6) is 5.75 Å². The largest absolute Gasteiger partial charge is 0.508 e. The van der Waals surface area contributed by atoms with Crippen molar-refractivity contribution in [2.24, 2.45) is 0 Å². The van der Waals surface area contributed by atoms with Gasteiger partial charge in [-0.1, -0.05) is 67.0 Å². The Morgan fingerprint density at radius 2 is 1.44 bits per heavy atom. The summed E-state index contributed by atoms with van der Waals surface area (Å²) in [6.45, 7) is 6.46. The first kappa shape index (κ1) is 19.2. The summed E-state index contributed by atoms with van der Waals surface area (Å²) < 4.78 is 0.982. The number of anilines is 1. The van der Waals surface area contributed by atoms with Crippen molar-refractivity contribution in [2.75, 3.05) is 5.32 Å². The highest BCUT2D eigenvalue weighted by Gasteiger charge is 2.17. The molecule has 0 aliphatic carbocycles. The van der Waals surface area contributed by atoms with Crippen LogP contribution in [0.3, 0.4) is 0 Å². The van der Waals surface area contributed by atoms with Crippen molar-refractivity contribution in [1.29, 1.82) is 0 Å². The summed E-state index contributed by atoms with van der Waals surface area (Å²) in [7, 11) is 0. The molecule has 3 aromatic carbocycles. The highest BCUT2D eigenvalue weighted by Crippen LogP contribution is 2.32. The minimum atomic E-state index is -0.150. The van der Waals surface area contributed by atoms with Gasteiger partial charge in [-0.15, -0.1) is 0 Å². The average Bonchev–Trinajstić information content (AvgIpc) is 2.61. The number of carbonyl (C=O) groups excluding carboxylic acids is 1. The molecule has 138 valence electrons. The molecular formula is C23H22BrNO2. The van der Waals surface area contributed by atoms with Crippen molar-refractivity contribution in [3.05, 3.63) is 82.3 Å². The van der Waals surface area contributed by atoms with Gasteiger partial charge < -0.3 is 10.4 Å². The van der Waals surface area contributed by atoms with E-state index in [1.54, 1.807) is 24.3 Å². The summed E-state index contributed by atoms with van der Waals surface area (Å²) in [6, 6.07) is 20.3. The van der Waals surface area contributed by atoms with Crippen LogP contribution >= 0.6 is 15.9 Å². The molecule has 0 radical (unpaired) electrons. The molecule has 0 saturated heterocycles. The van der Waals surface area contributed by atoms with Crippen molar-refractivity contribution in [3.63, 3.8) is 0 Å². The van der Waals surface area contributed by atoms with Crippen molar-refractivity contribution in [2.45, 2.75) is 26.2 Å². The smallest absolute Gasteiger partial charge is 0.255 e. The van der Waals surface area contributed by atoms with Crippen LogP contribution in [0, 0.1) is 0 Å². The third-order valence-corrected chi connectivity index (χ3v) is 5.04. The van der Waals surface area contributed by atoms with Crippen molar-refractivity contribution < 1.29 is 9.90 Å². The van der Waals surface area contributed by atoms with Gasteiger partial charge in [0.15, 0.2) is 0 Å². The van der Waals surface area contributed by atoms with E-state index in [9.17, 15) is 9.90 Å². The Kier molecular flexibility index (Phi) is 5.38. The molecule has 0 heterocycles. The van der Waals surface area contributed by atoms with Gasteiger partial charge in [-0.2, -0.15) is 0 Å². The molecule has 0 aromatic heterocycles. The van der Waals surface area contributed by atoms with E-state index in [0.29, 0.717) is 5.56 Å². The Morgan fingerprint density at radius 3 is 1.96 bits per heavy atom. The molecule has 3 aromatic rings. The van der Waals surface area contributed by atoms with Crippen molar-refractivity contribution in [1.82, 2.24) is 0 Å². The number of hydrogen-bond acceptors (Lipinski definition) is 2. The van der Waals surface area contributed by atoms with Gasteiger partial charge in [0.05, 0.1) is 0 Å². The number of phenols is 1. The molecule has 0 fully saturated rings. The molecule has 0 saturated carbocycles. The number of aromatic hydroxyl groups is 1. The Balaban J connectivity index is 1.75. The fourth-order valence-electron chi connectivity index (χ4n) is 2.87. The molecule has 0 bridgehead atoms. The second-order valence-corrected chi connectivity index (χ2v) is 8.38. The topological polar surface area (TPSA) is 49.3 Å². The lowest BCUT2D eigenvalue weighted by Gasteiger charge is -2.21. The quantitative estimate of drug-likeness (QED) is 0.513. The molecule has 0 atom stereocenters. The Labute approximate surface area is 168 Å². The van der Waals surface area contributed by atoms with E-state index >= 15 is 0 Å². The number of phenolic OH excluding ortho intramolecular Hbond substituents is 1. The maximum absolute atomic E-state index is 12.5. The fraction of sp³-hybridized carbons (Fsp3) is 0.174. The van der Waals surface area contributed by atoms with E-state index < -0.39 is 0 Å². The molecule has 0 aliphatic heterocycles. The molecular weight excluding hydrogens is 402 g/mol. The number of rotatable bonds is 3. The highest BCUT2D eigenvalue weighted by atomic mass is 79.9. The lowest BCUT2D eigenvalue weighted by molar-refractivity contribution is 0.102. The van der Waals surface area contributed by atoms with E-state index in [0.717, 1.165) is 21.3 Å². The minimum Gasteiger partial charge on any atom is -0.508 e. The zero-order valence-corrected chi connectivity index (χ0v) is 17.2. The van der Waals surface area contributed by atoms with Crippen molar-refractivity contribution in [3.8, 4) is 16.9 Å².